The van der Waals surface area contributed by atoms with Crippen LogP contribution >= 0.6 is 0 Å². The van der Waals surface area contributed by atoms with Crippen molar-refractivity contribution in [3.63, 3.8) is 0 Å². The van der Waals surface area contributed by atoms with Gasteiger partial charge in [-0.05, 0) is 97.1 Å². The number of nitrogens with zero attached hydrogens (tertiary/aromatic N) is 6. The van der Waals surface area contributed by atoms with Crippen molar-refractivity contribution in [3.8, 4) is 45.0 Å². The summed E-state index contributed by atoms with van der Waals surface area (Å²) < 4.78 is 0. The average Bonchev–Trinajstić information content (AvgIpc) is 4.20. The third-order valence-corrected chi connectivity index (χ3v) is 12.2. The molecule has 0 amide bonds. The number of nitrogens with one attached hydrogen (secondary N) is 2. The predicted octanol–water partition coefficient (Wildman–Crippen LogP) is 13.5. The molecule has 2 N–H and O–H groups in total. The Balaban J connectivity index is 1.19. The zero-order valence-electron chi connectivity index (χ0n) is 34.2. The Kier molecular flexibility index (Phi) is 8.04. The number of H-pyrrole nitrogens is 2. The molecule has 0 unspecified atom stereocenters. The number of rotatable bonds is 4. The lowest BCUT2D eigenvalue weighted by atomic mass is 10.1. The maximum Gasteiger partial charge on any atom is 0.0753 e. The van der Waals surface area contributed by atoms with Crippen LogP contribution in [0.2, 0.25) is 0 Å². The molecule has 2 aliphatic heterocycles. The highest BCUT2D eigenvalue weighted by Gasteiger charge is 2.21. The van der Waals surface area contributed by atoms with Crippen LogP contribution in [-0.2, 0) is 0 Å². The minimum atomic E-state index is 0.773. The van der Waals surface area contributed by atoms with Crippen molar-refractivity contribution in [2.45, 2.75) is 0 Å². The van der Waals surface area contributed by atoms with Gasteiger partial charge in [0.25, 0.3) is 0 Å². The molecule has 0 radical (unpaired) electrons. The lowest BCUT2D eigenvalue weighted by Crippen LogP contribution is -1.93. The summed E-state index contributed by atoms with van der Waals surface area (Å²) in [6, 6.07) is 58.0. The lowest BCUT2D eigenvalue weighted by Gasteiger charge is -2.08. The van der Waals surface area contributed by atoms with Crippen LogP contribution in [0.25, 0.3) is 135 Å². The van der Waals surface area contributed by atoms with Crippen molar-refractivity contribution in [1.82, 2.24) is 39.9 Å². The molecule has 8 heteroatoms. The molecule has 298 valence electrons. The van der Waals surface area contributed by atoms with Crippen LogP contribution in [0, 0.1) is 0 Å². The van der Waals surface area contributed by atoms with Gasteiger partial charge in [-0.25, -0.2) is 29.9 Å². The van der Waals surface area contributed by atoms with E-state index in [0.717, 1.165) is 133 Å². The zero-order chi connectivity index (χ0) is 42.1. The normalized spacial score (nSPS) is 12.2. The number of fused-ring (bicyclic) bond motifs is 12. The second-order valence-corrected chi connectivity index (χ2v) is 16.1. The highest BCUT2D eigenvalue weighted by molar-refractivity contribution is 6.00. The Hall–Kier alpha value is -8.88. The van der Waals surface area contributed by atoms with Crippen LogP contribution in [-0.4, -0.2) is 39.9 Å². The maximum absolute atomic E-state index is 5.47. The Morgan fingerprint density at radius 1 is 0.234 bits per heavy atom. The van der Waals surface area contributed by atoms with Gasteiger partial charge in [-0.2, -0.15) is 0 Å². The number of aromatic nitrogens is 8. The number of para-hydroxylation sites is 4. The fourth-order valence-corrected chi connectivity index (χ4v) is 9.10. The summed E-state index contributed by atoms with van der Waals surface area (Å²) in [5.74, 6) is 0. The number of hydrogen-bond donors (Lipinski definition) is 2. The van der Waals surface area contributed by atoms with Crippen LogP contribution in [0.5, 0.6) is 0 Å². The number of benzene rings is 4. The summed E-state index contributed by atoms with van der Waals surface area (Å²) in [7, 11) is 0. The largest absolute Gasteiger partial charge is 0.354 e. The Bertz CT molecular complexity index is 3480. The summed E-state index contributed by atoms with van der Waals surface area (Å²) in [6.45, 7) is 0. The third kappa shape index (κ3) is 6.00. The van der Waals surface area contributed by atoms with E-state index in [1.807, 2.05) is 72.8 Å². The first-order valence-electron chi connectivity index (χ1n) is 21.3. The number of pyridine rings is 4. The number of aromatic amines is 2. The summed E-state index contributed by atoms with van der Waals surface area (Å²) in [4.78, 5) is 39.5. The molecule has 0 spiro atoms. The lowest BCUT2D eigenvalue weighted by molar-refractivity contribution is 1.28. The quantitative estimate of drug-likeness (QED) is 0.183. The highest BCUT2D eigenvalue weighted by Crippen LogP contribution is 2.38. The highest BCUT2D eigenvalue weighted by atomic mass is 14.8. The molecule has 2 aliphatic rings. The van der Waals surface area contributed by atoms with E-state index < -0.39 is 0 Å². The molecule has 0 saturated heterocycles. The molecule has 0 fully saturated rings. The average molecular weight is 819 g/mol. The summed E-state index contributed by atoms with van der Waals surface area (Å²) in [5, 5.41) is 4.26. The zero-order valence-corrected chi connectivity index (χ0v) is 34.2. The first kappa shape index (κ1) is 35.8. The van der Waals surface area contributed by atoms with E-state index in [-0.39, 0.29) is 0 Å². The van der Waals surface area contributed by atoms with E-state index in [0.29, 0.717) is 0 Å². The smallest absolute Gasteiger partial charge is 0.0753 e. The Labute approximate surface area is 366 Å². The Morgan fingerprint density at radius 3 is 0.750 bits per heavy atom. The van der Waals surface area contributed by atoms with Gasteiger partial charge in [-0.1, -0.05) is 97.1 Å². The molecule has 7 aromatic heterocycles. The third-order valence-electron chi connectivity index (χ3n) is 12.2. The summed E-state index contributed by atoms with van der Waals surface area (Å²) in [5.41, 5.74) is 16.8. The van der Waals surface area contributed by atoms with E-state index >= 15 is 0 Å². The SMILES string of the molecule is C1=Cc2nc1c(-c1ccc3ccccc3n1)c1ccc([nH]1)c(-c1ccc3ccccc3n1)c1nc(c(-c3ccc4ccccc4n3)c3ccc([nH]3)c2-c2ccc3ccccc3n2)C=C1. The molecule has 11 aromatic rings. The van der Waals surface area contributed by atoms with Crippen LogP contribution in [0.4, 0.5) is 0 Å². The molecular formula is C56H34N8. The predicted molar refractivity (Wildman–Crippen MR) is 262 cm³/mol. The van der Waals surface area contributed by atoms with Gasteiger partial charge in [0.2, 0.25) is 0 Å². The van der Waals surface area contributed by atoms with Gasteiger partial charge in [-0.3, -0.25) is 0 Å². The molecule has 0 atom stereocenters. The van der Waals surface area contributed by atoms with Gasteiger partial charge in [0.1, 0.15) is 0 Å². The fraction of sp³-hybridized carbons (Fsp3) is 0. The van der Waals surface area contributed by atoms with Gasteiger partial charge in [0, 0.05) is 43.8 Å². The molecule has 4 aromatic carbocycles. The molecule has 8 nitrogen and oxygen atoms in total. The maximum atomic E-state index is 5.47. The van der Waals surface area contributed by atoms with E-state index in [9.17, 15) is 0 Å². The van der Waals surface area contributed by atoms with Crippen molar-refractivity contribution in [3.05, 3.63) is 193 Å². The van der Waals surface area contributed by atoms with Crippen molar-refractivity contribution < 1.29 is 0 Å². The molecule has 64 heavy (non-hydrogen) atoms. The molecule has 13 rings (SSSR count). The molecular weight excluding hydrogens is 785 g/mol. The molecule has 8 bridgehead atoms. The van der Waals surface area contributed by atoms with Gasteiger partial charge in [0.05, 0.1) is 89.7 Å². The van der Waals surface area contributed by atoms with E-state index in [4.69, 9.17) is 29.9 Å². The first-order valence-corrected chi connectivity index (χ1v) is 21.3. The second-order valence-electron chi connectivity index (χ2n) is 16.1. The van der Waals surface area contributed by atoms with E-state index in [1.54, 1.807) is 0 Å². The minimum Gasteiger partial charge on any atom is -0.354 e. The van der Waals surface area contributed by atoms with Gasteiger partial charge in [0.15, 0.2) is 0 Å². The van der Waals surface area contributed by atoms with Crippen LogP contribution in [0.15, 0.2) is 170 Å². The van der Waals surface area contributed by atoms with Gasteiger partial charge < -0.3 is 9.97 Å². The Morgan fingerprint density at radius 2 is 0.484 bits per heavy atom. The molecule has 0 saturated carbocycles. The van der Waals surface area contributed by atoms with E-state index in [1.165, 1.54) is 0 Å². The van der Waals surface area contributed by atoms with Gasteiger partial charge in [-0.15, -0.1) is 0 Å². The van der Waals surface area contributed by atoms with Crippen LogP contribution in [0.1, 0.15) is 22.8 Å². The first-order chi connectivity index (χ1) is 31.7. The van der Waals surface area contributed by atoms with Crippen molar-refractivity contribution in [2.75, 3.05) is 0 Å². The topological polar surface area (TPSA) is 109 Å². The minimum absolute atomic E-state index is 0.773. The number of hydrogen-bond acceptors (Lipinski definition) is 6. The van der Waals surface area contributed by atoms with Crippen LogP contribution < -0.4 is 0 Å². The summed E-state index contributed by atoms with van der Waals surface area (Å²) in [6.07, 6.45) is 8.34. The van der Waals surface area contributed by atoms with Crippen molar-refractivity contribution in [1.29, 1.82) is 0 Å². The monoisotopic (exact) mass is 818 g/mol. The molecule has 9 heterocycles. The van der Waals surface area contributed by atoms with Gasteiger partial charge >= 0.3 is 0 Å². The van der Waals surface area contributed by atoms with Crippen LogP contribution in [0.3, 0.4) is 0 Å². The second kappa shape index (κ2) is 14.4. The van der Waals surface area contributed by atoms with E-state index in [2.05, 4.69) is 131 Å². The van der Waals surface area contributed by atoms with Crippen molar-refractivity contribution in [2.24, 2.45) is 0 Å². The standard InChI is InChI=1S/C56H34N8/c1-5-13-37-33(9-1)17-21-41(57-37)53-45-25-27-47(61-45)54(42-22-18-34-10-2-6-14-38(34)58-42)49-29-31-51(63-49)56(44-24-20-36-12-4-8-16-40(36)60-44)52-32-30-50(64-52)55(48-28-26-46(53)62-48)43-23-19-35-11-3-7-15-39(35)59-43/h1-32,61,64H. The van der Waals surface area contributed by atoms with Crippen molar-refractivity contribution >= 4 is 90.0 Å². The summed E-state index contributed by atoms with van der Waals surface area (Å²) >= 11 is 0. The fourth-order valence-electron chi connectivity index (χ4n) is 9.10. The molecule has 0 aliphatic carbocycles.